The van der Waals surface area contributed by atoms with Crippen molar-refractivity contribution in [2.45, 2.75) is 58.0 Å². The number of amides is 1. The first-order chi connectivity index (χ1) is 13.1. The van der Waals surface area contributed by atoms with Crippen LogP contribution in [0.4, 0.5) is 10.9 Å². The van der Waals surface area contributed by atoms with Gasteiger partial charge < -0.3 is 15.5 Å². The summed E-state index contributed by atoms with van der Waals surface area (Å²) < 4.78 is 0. The monoisotopic (exact) mass is 386 g/mol. The lowest BCUT2D eigenvalue weighted by atomic mass is 10.0. The molecule has 2 aliphatic heterocycles. The first-order valence-electron chi connectivity index (χ1n) is 9.69. The number of hydrogen-bond acceptors (Lipinski definition) is 7. The maximum atomic E-state index is 13.0. The number of thiazole rings is 1. The zero-order chi connectivity index (χ0) is 18.8. The molecule has 0 bridgehead atoms. The zero-order valence-electron chi connectivity index (χ0n) is 15.9. The molecule has 1 amide bonds. The quantitative estimate of drug-likeness (QED) is 0.840. The maximum Gasteiger partial charge on any atom is 0.240 e. The van der Waals surface area contributed by atoms with Crippen LogP contribution >= 0.6 is 11.3 Å². The van der Waals surface area contributed by atoms with Gasteiger partial charge in [-0.05, 0) is 46.1 Å². The molecule has 4 rings (SSSR count). The fourth-order valence-corrected chi connectivity index (χ4v) is 4.62. The van der Waals surface area contributed by atoms with Crippen LogP contribution in [0.3, 0.4) is 0 Å². The standard InChI is InChI=1S/C19H26N6OS/c1-12-11-21-19(27-12)24-17-10-15(22-13(2)23-17)16-7-5-9-25(16)18(26)14-6-3-4-8-20-14/h10-11,14,16,20H,3-9H2,1-2H3,(H,21,22,23,24)/t14-,16-/m1/s1. The molecule has 0 aliphatic carbocycles. The van der Waals surface area contributed by atoms with Crippen LogP contribution in [0.5, 0.6) is 0 Å². The summed E-state index contributed by atoms with van der Waals surface area (Å²) in [7, 11) is 0. The SMILES string of the molecule is Cc1nc(Nc2ncc(C)s2)cc([C@H]2CCCN2C(=O)[C@H]2CCCCN2)n1. The summed E-state index contributed by atoms with van der Waals surface area (Å²) in [6.45, 7) is 5.66. The molecule has 2 aliphatic rings. The highest BCUT2D eigenvalue weighted by molar-refractivity contribution is 7.15. The van der Waals surface area contributed by atoms with Gasteiger partial charge in [0.15, 0.2) is 5.13 Å². The van der Waals surface area contributed by atoms with Crippen LogP contribution in [0.1, 0.15) is 54.5 Å². The fraction of sp³-hybridized carbons (Fsp3) is 0.579. The molecule has 2 atom stereocenters. The third kappa shape index (κ3) is 4.11. The molecule has 2 aromatic heterocycles. The molecule has 2 N–H and O–H groups in total. The van der Waals surface area contributed by atoms with Crippen molar-refractivity contribution in [1.82, 2.24) is 25.2 Å². The summed E-state index contributed by atoms with van der Waals surface area (Å²) >= 11 is 1.60. The number of likely N-dealkylation sites (tertiary alicyclic amines) is 1. The van der Waals surface area contributed by atoms with Crippen molar-refractivity contribution in [3.63, 3.8) is 0 Å². The Morgan fingerprint density at radius 2 is 2.15 bits per heavy atom. The van der Waals surface area contributed by atoms with Gasteiger partial charge in [0.1, 0.15) is 11.6 Å². The number of nitrogens with one attached hydrogen (secondary N) is 2. The Balaban J connectivity index is 1.55. The Morgan fingerprint density at radius 3 is 2.89 bits per heavy atom. The van der Waals surface area contributed by atoms with E-state index < -0.39 is 0 Å². The molecule has 0 aromatic carbocycles. The summed E-state index contributed by atoms with van der Waals surface area (Å²) in [5, 5.41) is 7.48. The zero-order valence-corrected chi connectivity index (χ0v) is 16.7. The Kier molecular flexibility index (Phi) is 5.36. The number of carbonyl (C=O) groups is 1. The minimum absolute atomic E-state index is 0.0292. The molecule has 0 spiro atoms. The molecule has 2 saturated heterocycles. The summed E-state index contributed by atoms with van der Waals surface area (Å²) in [4.78, 5) is 29.7. The van der Waals surface area contributed by atoms with E-state index >= 15 is 0 Å². The van der Waals surface area contributed by atoms with Crippen LogP contribution in [0.25, 0.3) is 0 Å². The van der Waals surface area contributed by atoms with Crippen LogP contribution in [-0.2, 0) is 4.79 Å². The van der Waals surface area contributed by atoms with E-state index in [-0.39, 0.29) is 18.0 Å². The molecule has 8 heteroatoms. The topological polar surface area (TPSA) is 83.0 Å². The lowest BCUT2D eigenvalue weighted by molar-refractivity contribution is -0.135. The van der Waals surface area contributed by atoms with Crippen molar-refractivity contribution in [2.75, 3.05) is 18.4 Å². The number of carbonyl (C=O) groups excluding carboxylic acids is 1. The van der Waals surface area contributed by atoms with E-state index in [0.29, 0.717) is 5.82 Å². The van der Waals surface area contributed by atoms with Gasteiger partial charge in [-0.2, -0.15) is 0 Å². The minimum atomic E-state index is -0.0434. The molecule has 4 heterocycles. The third-order valence-electron chi connectivity index (χ3n) is 5.20. The van der Waals surface area contributed by atoms with E-state index in [1.165, 1.54) is 0 Å². The molecular weight excluding hydrogens is 360 g/mol. The van der Waals surface area contributed by atoms with Crippen molar-refractivity contribution in [3.8, 4) is 0 Å². The van der Waals surface area contributed by atoms with E-state index in [0.717, 1.165) is 66.7 Å². The van der Waals surface area contributed by atoms with Crippen molar-refractivity contribution >= 4 is 28.2 Å². The number of aromatic nitrogens is 3. The van der Waals surface area contributed by atoms with Crippen molar-refractivity contribution in [3.05, 3.63) is 28.7 Å². The van der Waals surface area contributed by atoms with Crippen LogP contribution in [0, 0.1) is 13.8 Å². The highest BCUT2D eigenvalue weighted by Gasteiger charge is 2.35. The number of anilines is 2. The number of nitrogens with zero attached hydrogens (tertiary/aromatic N) is 4. The van der Waals surface area contributed by atoms with Crippen molar-refractivity contribution in [1.29, 1.82) is 0 Å². The predicted octanol–water partition coefficient (Wildman–Crippen LogP) is 3.10. The molecule has 2 fully saturated rings. The number of piperidine rings is 1. The summed E-state index contributed by atoms with van der Waals surface area (Å²) in [5.41, 5.74) is 0.917. The largest absolute Gasteiger partial charge is 0.333 e. The Morgan fingerprint density at radius 1 is 1.26 bits per heavy atom. The van der Waals surface area contributed by atoms with Gasteiger partial charge in [-0.25, -0.2) is 15.0 Å². The van der Waals surface area contributed by atoms with Crippen LogP contribution < -0.4 is 10.6 Å². The van der Waals surface area contributed by atoms with E-state index in [1.807, 2.05) is 31.0 Å². The van der Waals surface area contributed by atoms with Crippen molar-refractivity contribution < 1.29 is 4.79 Å². The van der Waals surface area contributed by atoms with Crippen molar-refractivity contribution in [2.24, 2.45) is 0 Å². The molecular formula is C19H26N6OS. The lowest BCUT2D eigenvalue weighted by Gasteiger charge is -2.31. The van der Waals surface area contributed by atoms with E-state index in [4.69, 9.17) is 0 Å². The molecule has 144 valence electrons. The number of aryl methyl sites for hydroxylation is 2. The second-order valence-corrected chi connectivity index (χ2v) is 8.55. The van der Waals surface area contributed by atoms with Crippen LogP contribution in [-0.4, -0.2) is 44.9 Å². The maximum absolute atomic E-state index is 13.0. The Hall–Kier alpha value is -2.06. The van der Waals surface area contributed by atoms with Crippen LogP contribution in [0.15, 0.2) is 12.3 Å². The first kappa shape index (κ1) is 18.3. The van der Waals surface area contributed by atoms with Gasteiger partial charge in [-0.3, -0.25) is 4.79 Å². The highest BCUT2D eigenvalue weighted by atomic mass is 32.1. The number of rotatable bonds is 4. The Labute approximate surface area is 163 Å². The van der Waals surface area contributed by atoms with Gasteiger partial charge in [0.2, 0.25) is 5.91 Å². The smallest absolute Gasteiger partial charge is 0.240 e. The van der Waals surface area contributed by atoms with E-state index in [9.17, 15) is 4.79 Å². The van der Waals surface area contributed by atoms with E-state index in [1.54, 1.807) is 11.3 Å². The average molecular weight is 387 g/mol. The average Bonchev–Trinajstić information content (AvgIpc) is 3.30. The molecule has 0 unspecified atom stereocenters. The first-order valence-corrected chi connectivity index (χ1v) is 10.5. The second-order valence-electron chi connectivity index (χ2n) is 7.32. The van der Waals surface area contributed by atoms with Crippen LogP contribution in [0.2, 0.25) is 0 Å². The number of hydrogen-bond donors (Lipinski definition) is 2. The molecule has 27 heavy (non-hydrogen) atoms. The lowest BCUT2D eigenvalue weighted by Crippen LogP contribution is -2.48. The molecule has 2 aromatic rings. The van der Waals surface area contributed by atoms with Gasteiger partial charge in [0.25, 0.3) is 0 Å². The summed E-state index contributed by atoms with van der Waals surface area (Å²) in [6.07, 6.45) is 7.02. The van der Waals surface area contributed by atoms with Gasteiger partial charge in [0.05, 0.1) is 17.8 Å². The van der Waals surface area contributed by atoms with Gasteiger partial charge in [0, 0.05) is 23.7 Å². The summed E-state index contributed by atoms with van der Waals surface area (Å²) in [5.74, 6) is 1.67. The minimum Gasteiger partial charge on any atom is -0.333 e. The predicted molar refractivity (Wildman–Crippen MR) is 106 cm³/mol. The summed E-state index contributed by atoms with van der Waals surface area (Å²) in [6, 6.07) is 1.95. The van der Waals surface area contributed by atoms with Gasteiger partial charge in [-0.15, -0.1) is 11.3 Å². The molecule has 0 radical (unpaired) electrons. The highest BCUT2D eigenvalue weighted by Crippen LogP contribution is 2.33. The van der Waals surface area contributed by atoms with Gasteiger partial charge >= 0.3 is 0 Å². The fourth-order valence-electron chi connectivity index (χ4n) is 3.95. The molecule has 7 nitrogen and oxygen atoms in total. The van der Waals surface area contributed by atoms with E-state index in [2.05, 4.69) is 25.6 Å². The molecule has 0 saturated carbocycles. The normalized spacial score (nSPS) is 22.8. The second kappa shape index (κ2) is 7.90. The third-order valence-corrected chi connectivity index (χ3v) is 6.03. The Bertz CT molecular complexity index is 816. The van der Waals surface area contributed by atoms with Gasteiger partial charge in [-0.1, -0.05) is 6.42 Å².